The van der Waals surface area contributed by atoms with E-state index < -0.39 is 6.04 Å². The quantitative estimate of drug-likeness (QED) is 0.724. The molecule has 0 spiro atoms. The molecule has 1 amide bonds. The van der Waals surface area contributed by atoms with E-state index in [2.05, 4.69) is 15.3 Å². The molecule has 122 valence electrons. The number of benzene rings is 1. The molecule has 3 aromatic rings. The van der Waals surface area contributed by atoms with Gasteiger partial charge in [-0.2, -0.15) is 0 Å². The van der Waals surface area contributed by atoms with Crippen LogP contribution in [0.3, 0.4) is 0 Å². The zero-order valence-corrected chi connectivity index (χ0v) is 13.7. The molecule has 1 atom stereocenters. The number of carbonyl (C=O) groups excluding carboxylic acids is 1. The van der Waals surface area contributed by atoms with Crippen molar-refractivity contribution in [2.45, 2.75) is 12.5 Å². The number of aromatic nitrogens is 2. The number of rotatable bonds is 6. The van der Waals surface area contributed by atoms with E-state index in [-0.39, 0.29) is 18.9 Å². The molecule has 0 aliphatic heterocycles. The molecular weight excluding hydrogens is 322 g/mol. The largest absolute Gasteiger partial charge is 0.394 e. The van der Waals surface area contributed by atoms with E-state index >= 15 is 0 Å². The Kier molecular flexibility index (Phi) is 5.30. The minimum Gasteiger partial charge on any atom is -0.394 e. The van der Waals surface area contributed by atoms with Crippen molar-refractivity contribution >= 4 is 17.2 Å². The van der Waals surface area contributed by atoms with Gasteiger partial charge in [0.2, 0.25) is 5.91 Å². The SMILES string of the molecule is O=C(Cc1csc(-c2cccnc2)n1)NC(CO)c1ccccc1. The number of aliphatic hydroxyl groups excluding tert-OH is 1. The summed E-state index contributed by atoms with van der Waals surface area (Å²) in [6.45, 7) is -0.145. The molecule has 5 nitrogen and oxygen atoms in total. The van der Waals surface area contributed by atoms with E-state index in [1.807, 2.05) is 47.8 Å². The molecule has 2 N–H and O–H groups in total. The maximum Gasteiger partial charge on any atom is 0.226 e. The van der Waals surface area contributed by atoms with E-state index in [4.69, 9.17) is 0 Å². The molecule has 0 fully saturated rings. The summed E-state index contributed by atoms with van der Waals surface area (Å²) in [5.41, 5.74) is 2.52. The molecule has 0 saturated carbocycles. The zero-order chi connectivity index (χ0) is 16.8. The fourth-order valence-corrected chi connectivity index (χ4v) is 3.15. The third-order valence-electron chi connectivity index (χ3n) is 3.52. The molecular formula is C18H17N3O2S. The molecule has 3 rings (SSSR count). The lowest BCUT2D eigenvalue weighted by Gasteiger charge is -2.16. The number of pyridine rings is 1. The van der Waals surface area contributed by atoms with Gasteiger partial charge < -0.3 is 10.4 Å². The Morgan fingerprint density at radius 1 is 1.21 bits per heavy atom. The molecule has 0 saturated heterocycles. The highest BCUT2D eigenvalue weighted by Gasteiger charge is 2.15. The molecule has 1 unspecified atom stereocenters. The smallest absolute Gasteiger partial charge is 0.226 e. The second-order valence-corrected chi connectivity index (χ2v) is 6.13. The van der Waals surface area contributed by atoms with Crippen LogP contribution in [0.15, 0.2) is 60.2 Å². The molecule has 0 aliphatic rings. The highest BCUT2D eigenvalue weighted by atomic mass is 32.1. The van der Waals surface area contributed by atoms with Gasteiger partial charge in [0.15, 0.2) is 0 Å². The molecule has 24 heavy (non-hydrogen) atoms. The summed E-state index contributed by atoms with van der Waals surface area (Å²) < 4.78 is 0. The first-order chi connectivity index (χ1) is 11.8. The lowest BCUT2D eigenvalue weighted by molar-refractivity contribution is -0.121. The Bertz CT molecular complexity index is 790. The van der Waals surface area contributed by atoms with E-state index in [9.17, 15) is 9.90 Å². The summed E-state index contributed by atoms with van der Waals surface area (Å²) >= 11 is 1.49. The van der Waals surface area contributed by atoms with Crippen molar-refractivity contribution in [2.75, 3.05) is 6.61 Å². The number of carbonyl (C=O) groups is 1. The molecule has 6 heteroatoms. The van der Waals surface area contributed by atoms with E-state index in [1.165, 1.54) is 11.3 Å². The van der Waals surface area contributed by atoms with Crippen LogP contribution in [0.5, 0.6) is 0 Å². The topological polar surface area (TPSA) is 75.1 Å². The van der Waals surface area contributed by atoms with E-state index in [0.29, 0.717) is 5.69 Å². The van der Waals surface area contributed by atoms with Crippen LogP contribution >= 0.6 is 11.3 Å². The Morgan fingerprint density at radius 2 is 2.04 bits per heavy atom. The van der Waals surface area contributed by atoms with Gasteiger partial charge in [0.1, 0.15) is 5.01 Å². The van der Waals surface area contributed by atoms with Crippen molar-refractivity contribution < 1.29 is 9.90 Å². The number of aliphatic hydroxyl groups is 1. The third kappa shape index (κ3) is 4.04. The fraction of sp³-hybridized carbons (Fsp3) is 0.167. The molecule has 0 aliphatic carbocycles. The van der Waals surface area contributed by atoms with Crippen LogP contribution in [0.2, 0.25) is 0 Å². The Labute approximate surface area is 144 Å². The van der Waals surface area contributed by atoms with Crippen LogP contribution in [-0.4, -0.2) is 27.6 Å². The van der Waals surface area contributed by atoms with Gasteiger partial charge in [0, 0.05) is 23.3 Å². The summed E-state index contributed by atoms with van der Waals surface area (Å²) in [4.78, 5) is 20.8. The molecule has 0 bridgehead atoms. The predicted octanol–water partition coefficient (Wildman–Crippen LogP) is 2.60. The maximum atomic E-state index is 12.2. The Morgan fingerprint density at radius 3 is 2.75 bits per heavy atom. The Hall–Kier alpha value is -2.57. The van der Waals surface area contributed by atoms with Gasteiger partial charge in [-0.05, 0) is 17.7 Å². The lowest BCUT2D eigenvalue weighted by Crippen LogP contribution is -2.32. The average Bonchev–Trinajstić information content (AvgIpc) is 3.09. The van der Waals surface area contributed by atoms with Crippen molar-refractivity contribution in [1.82, 2.24) is 15.3 Å². The lowest BCUT2D eigenvalue weighted by atomic mass is 10.1. The van der Waals surface area contributed by atoms with Gasteiger partial charge in [-0.25, -0.2) is 4.98 Å². The fourth-order valence-electron chi connectivity index (χ4n) is 2.34. The van der Waals surface area contributed by atoms with Crippen molar-refractivity contribution in [2.24, 2.45) is 0 Å². The number of thiazole rings is 1. The highest BCUT2D eigenvalue weighted by Crippen LogP contribution is 2.23. The van der Waals surface area contributed by atoms with Crippen LogP contribution in [0.1, 0.15) is 17.3 Å². The first-order valence-electron chi connectivity index (χ1n) is 7.56. The van der Waals surface area contributed by atoms with Gasteiger partial charge in [-0.3, -0.25) is 9.78 Å². The summed E-state index contributed by atoms with van der Waals surface area (Å²) in [7, 11) is 0. The average molecular weight is 339 g/mol. The molecule has 0 radical (unpaired) electrons. The molecule has 2 heterocycles. The number of nitrogens with zero attached hydrogens (tertiary/aromatic N) is 2. The van der Waals surface area contributed by atoms with Crippen LogP contribution in [0, 0.1) is 0 Å². The minimum absolute atomic E-state index is 0.145. The first-order valence-corrected chi connectivity index (χ1v) is 8.44. The van der Waals surface area contributed by atoms with Crippen LogP contribution < -0.4 is 5.32 Å². The number of nitrogens with one attached hydrogen (secondary N) is 1. The molecule has 2 aromatic heterocycles. The van der Waals surface area contributed by atoms with Crippen molar-refractivity contribution in [3.63, 3.8) is 0 Å². The van der Waals surface area contributed by atoms with Crippen LogP contribution in [0.4, 0.5) is 0 Å². The maximum absolute atomic E-state index is 12.2. The second kappa shape index (κ2) is 7.81. The van der Waals surface area contributed by atoms with E-state index in [0.717, 1.165) is 16.1 Å². The summed E-state index contributed by atoms with van der Waals surface area (Å²) in [6.07, 6.45) is 3.64. The monoisotopic (exact) mass is 339 g/mol. The van der Waals surface area contributed by atoms with Crippen molar-refractivity contribution in [3.8, 4) is 10.6 Å². The van der Waals surface area contributed by atoms with Gasteiger partial charge in [-0.1, -0.05) is 30.3 Å². The van der Waals surface area contributed by atoms with Crippen LogP contribution in [0.25, 0.3) is 10.6 Å². The normalized spacial score (nSPS) is 11.9. The predicted molar refractivity (Wildman–Crippen MR) is 93.5 cm³/mol. The number of amides is 1. The van der Waals surface area contributed by atoms with Gasteiger partial charge in [0.05, 0.1) is 24.8 Å². The number of hydrogen-bond acceptors (Lipinski definition) is 5. The van der Waals surface area contributed by atoms with Crippen LogP contribution in [-0.2, 0) is 11.2 Å². The summed E-state index contributed by atoms with van der Waals surface area (Å²) in [5.74, 6) is -0.166. The number of hydrogen-bond donors (Lipinski definition) is 2. The highest BCUT2D eigenvalue weighted by molar-refractivity contribution is 7.13. The summed E-state index contributed by atoms with van der Waals surface area (Å²) in [5, 5.41) is 15.1. The zero-order valence-electron chi connectivity index (χ0n) is 12.9. The Balaban J connectivity index is 1.64. The minimum atomic E-state index is -0.407. The second-order valence-electron chi connectivity index (χ2n) is 5.28. The first kappa shape index (κ1) is 16.3. The molecule has 1 aromatic carbocycles. The van der Waals surface area contributed by atoms with Gasteiger partial charge >= 0.3 is 0 Å². The van der Waals surface area contributed by atoms with Crippen molar-refractivity contribution in [1.29, 1.82) is 0 Å². The standard InChI is InChI=1S/C18H17N3O2S/c22-11-16(13-5-2-1-3-6-13)21-17(23)9-15-12-24-18(20-15)14-7-4-8-19-10-14/h1-8,10,12,16,22H,9,11H2,(H,21,23). The van der Waals surface area contributed by atoms with Gasteiger partial charge in [-0.15, -0.1) is 11.3 Å². The van der Waals surface area contributed by atoms with Crippen molar-refractivity contribution in [3.05, 3.63) is 71.5 Å². The third-order valence-corrected chi connectivity index (χ3v) is 4.46. The van der Waals surface area contributed by atoms with E-state index in [1.54, 1.807) is 12.4 Å². The van der Waals surface area contributed by atoms with Gasteiger partial charge in [0.25, 0.3) is 0 Å². The summed E-state index contributed by atoms with van der Waals surface area (Å²) in [6, 6.07) is 12.8.